The minimum absolute atomic E-state index is 0.00495. The van der Waals surface area contributed by atoms with E-state index in [0.29, 0.717) is 39.3 Å². The first-order chi connectivity index (χ1) is 11.2. The lowest BCUT2D eigenvalue weighted by Crippen LogP contribution is -2.43. The molecule has 2 aliphatic rings. The minimum atomic E-state index is -0.584. The van der Waals surface area contributed by atoms with Crippen molar-refractivity contribution < 1.29 is 14.3 Å². The maximum Gasteiger partial charge on any atom is 0.317 e. The number of urea groups is 1. The third-order valence-electron chi connectivity index (χ3n) is 4.63. The number of anilines is 1. The van der Waals surface area contributed by atoms with Gasteiger partial charge in [-0.05, 0) is 31.4 Å². The summed E-state index contributed by atoms with van der Waals surface area (Å²) in [7, 11) is 0. The number of carbonyl (C=O) groups is 2. The lowest BCUT2D eigenvalue weighted by atomic mass is 9.81. The van der Waals surface area contributed by atoms with Crippen molar-refractivity contribution in [2.24, 2.45) is 0 Å². The number of ether oxygens (including phenoxy) is 1. The van der Waals surface area contributed by atoms with Gasteiger partial charge in [-0.15, -0.1) is 0 Å². The SMILES string of the molecule is CCOCCCNC(=O)N1CCC2(C1)C(=O)Nc1ccccc12. The van der Waals surface area contributed by atoms with E-state index in [1.165, 1.54) is 0 Å². The van der Waals surface area contributed by atoms with E-state index in [9.17, 15) is 9.59 Å². The van der Waals surface area contributed by atoms with E-state index >= 15 is 0 Å². The Hall–Kier alpha value is -2.08. The molecule has 2 aliphatic heterocycles. The van der Waals surface area contributed by atoms with Gasteiger partial charge in [0.1, 0.15) is 0 Å². The summed E-state index contributed by atoms with van der Waals surface area (Å²) in [4.78, 5) is 26.5. The molecule has 2 heterocycles. The highest BCUT2D eigenvalue weighted by atomic mass is 16.5. The number of hydrogen-bond acceptors (Lipinski definition) is 3. The van der Waals surface area contributed by atoms with Crippen molar-refractivity contribution in [3.63, 3.8) is 0 Å². The third kappa shape index (κ3) is 2.91. The molecule has 1 fully saturated rings. The smallest absolute Gasteiger partial charge is 0.317 e. The Labute approximate surface area is 136 Å². The lowest BCUT2D eigenvalue weighted by molar-refractivity contribution is -0.120. The van der Waals surface area contributed by atoms with Gasteiger partial charge < -0.3 is 20.3 Å². The van der Waals surface area contributed by atoms with Crippen LogP contribution in [0.4, 0.5) is 10.5 Å². The molecule has 23 heavy (non-hydrogen) atoms. The Kier molecular flexibility index (Phi) is 4.52. The maximum atomic E-state index is 12.5. The number of nitrogens with one attached hydrogen (secondary N) is 2. The second kappa shape index (κ2) is 6.58. The average Bonchev–Trinajstić information content (AvgIpc) is 3.12. The van der Waals surface area contributed by atoms with Crippen LogP contribution in [0.1, 0.15) is 25.3 Å². The lowest BCUT2D eigenvalue weighted by Gasteiger charge is -2.22. The molecular formula is C17H23N3O3. The summed E-state index contributed by atoms with van der Waals surface area (Å²) >= 11 is 0. The van der Waals surface area contributed by atoms with Crippen LogP contribution in [0.5, 0.6) is 0 Å². The van der Waals surface area contributed by atoms with Gasteiger partial charge in [0.25, 0.3) is 0 Å². The van der Waals surface area contributed by atoms with Gasteiger partial charge in [0.05, 0.1) is 5.41 Å². The Bertz CT molecular complexity index is 605. The average molecular weight is 317 g/mol. The summed E-state index contributed by atoms with van der Waals surface area (Å²) in [5.74, 6) is 0.00495. The number of benzene rings is 1. The normalized spacial score (nSPS) is 22.3. The molecule has 1 atom stereocenters. The van der Waals surface area contributed by atoms with Gasteiger partial charge >= 0.3 is 6.03 Å². The molecule has 0 bridgehead atoms. The van der Waals surface area contributed by atoms with Crippen molar-refractivity contribution in [1.82, 2.24) is 10.2 Å². The highest BCUT2D eigenvalue weighted by Crippen LogP contribution is 2.43. The summed E-state index contributed by atoms with van der Waals surface area (Å²) in [5, 5.41) is 5.85. The first-order valence-electron chi connectivity index (χ1n) is 8.19. The molecular weight excluding hydrogens is 294 g/mol. The molecule has 0 radical (unpaired) electrons. The van der Waals surface area contributed by atoms with Gasteiger partial charge in [-0.25, -0.2) is 4.79 Å². The van der Waals surface area contributed by atoms with Crippen molar-refractivity contribution in [2.45, 2.75) is 25.2 Å². The molecule has 6 heteroatoms. The number of hydrogen-bond donors (Lipinski definition) is 2. The van der Waals surface area contributed by atoms with E-state index in [4.69, 9.17) is 4.74 Å². The van der Waals surface area contributed by atoms with Gasteiger partial charge in [-0.1, -0.05) is 18.2 Å². The van der Waals surface area contributed by atoms with Crippen LogP contribution in [-0.4, -0.2) is 49.7 Å². The highest BCUT2D eigenvalue weighted by Gasteiger charge is 2.51. The maximum absolute atomic E-state index is 12.5. The van der Waals surface area contributed by atoms with Crippen molar-refractivity contribution in [3.8, 4) is 0 Å². The summed E-state index contributed by atoms with van der Waals surface area (Å²) in [5.41, 5.74) is 1.30. The van der Waals surface area contributed by atoms with E-state index in [1.54, 1.807) is 4.90 Å². The molecule has 1 saturated heterocycles. The number of fused-ring (bicyclic) bond motifs is 2. The Balaban J connectivity index is 1.60. The fraction of sp³-hybridized carbons (Fsp3) is 0.529. The molecule has 0 saturated carbocycles. The molecule has 0 aliphatic carbocycles. The van der Waals surface area contributed by atoms with Gasteiger partial charge in [0.2, 0.25) is 5.91 Å². The first-order valence-corrected chi connectivity index (χ1v) is 8.19. The summed E-state index contributed by atoms with van der Waals surface area (Å²) in [6.07, 6.45) is 1.46. The van der Waals surface area contributed by atoms with Gasteiger partial charge in [-0.3, -0.25) is 4.79 Å². The number of amides is 3. The number of carbonyl (C=O) groups excluding carboxylic acids is 2. The Morgan fingerprint density at radius 3 is 3.09 bits per heavy atom. The molecule has 6 nitrogen and oxygen atoms in total. The van der Waals surface area contributed by atoms with E-state index in [-0.39, 0.29) is 11.9 Å². The van der Waals surface area contributed by atoms with Crippen LogP contribution >= 0.6 is 0 Å². The molecule has 1 aromatic rings. The molecule has 3 rings (SSSR count). The molecule has 124 valence electrons. The molecule has 1 spiro atoms. The zero-order valence-electron chi connectivity index (χ0n) is 13.4. The van der Waals surface area contributed by atoms with E-state index in [2.05, 4.69) is 10.6 Å². The first kappa shape index (κ1) is 15.8. The summed E-state index contributed by atoms with van der Waals surface area (Å²) in [6.45, 7) is 4.91. The minimum Gasteiger partial charge on any atom is -0.382 e. The number of para-hydroxylation sites is 1. The van der Waals surface area contributed by atoms with Crippen molar-refractivity contribution >= 4 is 17.6 Å². The molecule has 0 aromatic heterocycles. The molecule has 2 N–H and O–H groups in total. The monoisotopic (exact) mass is 317 g/mol. The number of nitrogens with zero attached hydrogens (tertiary/aromatic N) is 1. The van der Waals surface area contributed by atoms with Crippen molar-refractivity contribution in [3.05, 3.63) is 29.8 Å². The van der Waals surface area contributed by atoms with Crippen LogP contribution in [-0.2, 0) is 14.9 Å². The van der Waals surface area contributed by atoms with Crippen LogP contribution in [0.25, 0.3) is 0 Å². The van der Waals surface area contributed by atoms with Crippen LogP contribution in [0.15, 0.2) is 24.3 Å². The molecule has 1 aromatic carbocycles. The third-order valence-corrected chi connectivity index (χ3v) is 4.63. The van der Waals surface area contributed by atoms with E-state index < -0.39 is 5.41 Å². The van der Waals surface area contributed by atoms with Crippen LogP contribution < -0.4 is 10.6 Å². The molecule has 1 unspecified atom stereocenters. The second-order valence-electron chi connectivity index (χ2n) is 6.04. The Morgan fingerprint density at radius 1 is 1.43 bits per heavy atom. The van der Waals surface area contributed by atoms with Crippen LogP contribution in [0.3, 0.4) is 0 Å². The van der Waals surface area contributed by atoms with Gasteiger partial charge in [0.15, 0.2) is 0 Å². The van der Waals surface area contributed by atoms with Crippen LogP contribution in [0, 0.1) is 0 Å². The highest BCUT2D eigenvalue weighted by molar-refractivity contribution is 6.07. The second-order valence-corrected chi connectivity index (χ2v) is 6.04. The summed E-state index contributed by atoms with van der Waals surface area (Å²) < 4.78 is 5.25. The van der Waals surface area contributed by atoms with E-state index in [1.807, 2.05) is 31.2 Å². The van der Waals surface area contributed by atoms with Crippen molar-refractivity contribution in [2.75, 3.05) is 38.2 Å². The quantitative estimate of drug-likeness (QED) is 0.812. The summed E-state index contributed by atoms with van der Waals surface area (Å²) in [6, 6.07) is 7.65. The zero-order valence-corrected chi connectivity index (χ0v) is 13.4. The topological polar surface area (TPSA) is 70.7 Å². The standard InChI is InChI=1S/C17H23N3O3/c1-2-23-11-5-9-18-16(22)20-10-8-17(12-20)13-6-3-4-7-14(13)19-15(17)21/h3-4,6-7H,2,5,8-12H2,1H3,(H,18,22)(H,19,21). The van der Waals surface area contributed by atoms with E-state index in [0.717, 1.165) is 17.7 Å². The zero-order chi connectivity index (χ0) is 16.3. The van der Waals surface area contributed by atoms with Gasteiger partial charge in [0, 0.05) is 38.5 Å². The fourth-order valence-electron chi connectivity index (χ4n) is 3.39. The van der Waals surface area contributed by atoms with Crippen LogP contribution in [0.2, 0.25) is 0 Å². The largest absolute Gasteiger partial charge is 0.382 e. The number of rotatable bonds is 5. The van der Waals surface area contributed by atoms with Gasteiger partial charge in [-0.2, -0.15) is 0 Å². The molecule has 3 amide bonds. The fourth-order valence-corrected chi connectivity index (χ4v) is 3.39. The Morgan fingerprint density at radius 2 is 2.26 bits per heavy atom. The predicted molar refractivity (Wildman–Crippen MR) is 87.4 cm³/mol. The number of likely N-dealkylation sites (tertiary alicyclic amines) is 1. The van der Waals surface area contributed by atoms with Crippen molar-refractivity contribution in [1.29, 1.82) is 0 Å². The predicted octanol–water partition coefficient (Wildman–Crippen LogP) is 1.72.